The molecule has 1 aromatic carbocycles. The highest BCUT2D eigenvalue weighted by molar-refractivity contribution is 9.10. The lowest BCUT2D eigenvalue weighted by atomic mass is 9.86. The molecule has 4 nitrogen and oxygen atoms in total. The average molecular weight is 375 g/mol. The largest absolute Gasteiger partial charge is 0.398 e. The first-order valence-electron chi connectivity index (χ1n) is 7.28. The first-order valence-corrected chi connectivity index (χ1v) is 9.52. The molecule has 0 saturated heterocycles. The third-order valence-corrected chi connectivity index (χ3v) is 7.20. The van der Waals surface area contributed by atoms with E-state index in [9.17, 15) is 8.42 Å². The lowest BCUT2D eigenvalue weighted by Crippen LogP contribution is -2.42. The van der Waals surface area contributed by atoms with Gasteiger partial charge in [-0.25, -0.2) is 8.42 Å². The maximum absolute atomic E-state index is 12.9. The van der Waals surface area contributed by atoms with Crippen molar-refractivity contribution in [1.29, 1.82) is 0 Å². The number of nitrogen functional groups attached to an aromatic ring is 1. The second-order valence-corrected chi connectivity index (χ2v) is 8.81. The van der Waals surface area contributed by atoms with E-state index in [1.54, 1.807) is 30.4 Å². The van der Waals surface area contributed by atoms with Gasteiger partial charge in [0.25, 0.3) is 0 Å². The molecule has 0 heterocycles. The van der Waals surface area contributed by atoms with Gasteiger partial charge in [-0.15, -0.1) is 0 Å². The molecule has 1 aliphatic carbocycles. The van der Waals surface area contributed by atoms with Crippen molar-refractivity contribution in [3.05, 3.63) is 22.2 Å². The minimum absolute atomic E-state index is 0.0769. The third kappa shape index (κ3) is 3.27. The summed E-state index contributed by atoms with van der Waals surface area (Å²) in [5.41, 5.74) is 7.02. The maximum atomic E-state index is 12.9. The quantitative estimate of drug-likeness (QED) is 0.822. The number of rotatable bonds is 3. The molecule has 1 aliphatic rings. The number of hydrogen-bond donors (Lipinski definition) is 1. The number of sulfonamides is 1. The number of nitrogens with two attached hydrogens (primary N) is 1. The minimum atomic E-state index is -3.51. The average Bonchev–Trinajstić information content (AvgIpc) is 2.42. The Morgan fingerprint density at radius 3 is 2.52 bits per heavy atom. The van der Waals surface area contributed by atoms with Crippen LogP contribution in [-0.2, 0) is 10.0 Å². The molecule has 1 saturated carbocycles. The number of hydrogen-bond acceptors (Lipinski definition) is 3. The first-order chi connectivity index (χ1) is 9.75. The lowest BCUT2D eigenvalue weighted by Gasteiger charge is -2.35. The summed E-state index contributed by atoms with van der Waals surface area (Å²) >= 11 is 3.34. The molecule has 0 bridgehead atoms. The van der Waals surface area contributed by atoms with Gasteiger partial charge in [0.15, 0.2) is 0 Å². The molecule has 0 spiro atoms. The van der Waals surface area contributed by atoms with E-state index in [4.69, 9.17) is 5.73 Å². The highest BCUT2D eigenvalue weighted by Crippen LogP contribution is 2.33. The number of aryl methyl sites for hydroxylation is 1. The van der Waals surface area contributed by atoms with Crippen LogP contribution in [-0.4, -0.2) is 25.8 Å². The summed E-state index contributed by atoms with van der Waals surface area (Å²) in [5.74, 6) is 0.395. The molecule has 118 valence electrons. The summed E-state index contributed by atoms with van der Waals surface area (Å²) in [5, 5.41) is 0. The molecule has 0 aliphatic heterocycles. The van der Waals surface area contributed by atoms with E-state index in [2.05, 4.69) is 22.9 Å². The Hall–Kier alpha value is -0.590. The van der Waals surface area contributed by atoms with Gasteiger partial charge in [-0.1, -0.05) is 19.8 Å². The summed E-state index contributed by atoms with van der Waals surface area (Å²) in [6.45, 7) is 3.94. The van der Waals surface area contributed by atoms with Gasteiger partial charge < -0.3 is 5.73 Å². The topological polar surface area (TPSA) is 63.4 Å². The third-order valence-electron chi connectivity index (χ3n) is 4.48. The van der Waals surface area contributed by atoms with E-state index in [-0.39, 0.29) is 6.04 Å². The van der Waals surface area contributed by atoms with E-state index in [0.29, 0.717) is 22.1 Å². The Morgan fingerprint density at radius 1 is 1.29 bits per heavy atom. The molecular weight excluding hydrogens is 352 g/mol. The zero-order valence-corrected chi connectivity index (χ0v) is 15.2. The molecule has 2 unspecified atom stereocenters. The molecule has 2 atom stereocenters. The SMILES string of the molecule is Cc1cc(Br)c(N)cc1S(=O)(=O)N(C)C1CCCCC1C. The number of nitrogens with zero attached hydrogens (tertiary/aromatic N) is 1. The van der Waals surface area contributed by atoms with Crippen molar-refractivity contribution in [3.63, 3.8) is 0 Å². The van der Waals surface area contributed by atoms with Gasteiger partial charge in [0.1, 0.15) is 0 Å². The van der Waals surface area contributed by atoms with Gasteiger partial charge in [-0.2, -0.15) is 4.31 Å². The van der Waals surface area contributed by atoms with Crippen LogP contribution >= 0.6 is 15.9 Å². The minimum Gasteiger partial charge on any atom is -0.398 e. The highest BCUT2D eigenvalue weighted by Gasteiger charge is 2.33. The molecule has 6 heteroatoms. The summed E-state index contributed by atoms with van der Waals surface area (Å²) in [7, 11) is -1.82. The van der Waals surface area contributed by atoms with Gasteiger partial charge in [-0.3, -0.25) is 0 Å². The molecular formula is C15H23BrN2O2S. The predicted octanol–water partition coefficient (Wildman–Crippen LogP) is 3.54. The van der Waals surface area contributed by atoms with Gasteiger partial charge in [0.05, 0.1) is 4.90 Å². The van der Waals surface area contributed by atoms with Crippen LogP contribution in [0.1, 0.15) is 38.2 Å². The van der Waals surface area contributed by atoms with Crippen LogP contribution < -0.4 is 5.73 Å². The van der Waals surface area contributed by atoms with Crippen LogP contribution in [0.25, 0.3) is 0 Å². The van der Waals surface area contributed by atoms with Gasteiger partial charge in [-0.05, 0) is 59.3 Å². The normalized spacial score (nSPS) is 23.5. The Bertz CT molecular complexity index is 631. The van der Waals surface area contributed by atoms with Gasteiger partial charge in [0, 0.05) is 23.2 Å². The molecule has 0 amide bonds. The summed E-state index contributed by atoms with van der Waals surface area (Å²) in [6.07, 6.45) is 4.31. The van der Waals surface area contributed by atoms with E-state index < -0.39 is 10.0 Å². The zero-order chi connectivity index (χ0) is 15.8. The van der Waals surface area contributed by atoms with Gasteiger partial charge in [0.2, 0.25) is 10.0 Å². The smallest absolute Gasteiger partial charge is 0.243 e. The van der Waals surface area contributed by atoms with Crippen LogP contribution in [0.2, 0.25) is 0 Å². The molecule has 2 rings (SSSR count). The molecule has 1 fully saturated rings. The van der Waals surface area contributed by atoms with Crippen molar-refractivity contribution >= 4 is 31.6 Å². The summed E-state index contributed by atoms with van der Waals surface area (Å²) in [6, 6.07) is 3.40. The van der Waals surface area contributed by atoms with Crippen molar-refractivity contribution in [2.75, 3.05) is 12.8 Å². The van der Waals surface area contributed by atoms with Crippen molar-refractivity contribution in [2.24, 2.45) is 5.92 Å². The lowest BCUT2D eigenvalue weighted by molar-refractivity contribution is 0.213. The van der Waals surface area contributed by atoms with E-state index >= 15 is 0 Å². The zero-order valence-electron chi connectivity index (χ0n) is 12.8. The van der Waals surface area contributed by atoms with Crippen molar-refractivity contribution in [1.82, 2.24) is 4.31 Å². The van der Waals surface area contributed by atoms with Gasteiger partial charge >= 0.3 is 0 Å². The Morgan fingerprint density at radius 2 is 1.90 bits per heavy atom. The first kappa shape index (κ1) is 16.8. The Labute approximate surface area is 135 Å². The standard InChI is InChI=1S/C15H23BrN2O2S/c1-10-6-4-5-7-14(10)18(3)21(19,20)15-9-13(17)12(16)8-11(15)2/h8-10,14H,4-7,17H2,1-3H3. The fraction of sp³-hybridized carbons (Fsp3) is 0.600. The van der Waals surface area contributed by atoms with Crippen LogP contribution in [0.3, 0.4) is 0 Å². The highest BCUT2D eigenvalue weighted by atomic mass is 79.9. The van der Waals surface area contributed by atoms with E-state index in [1.165, 1.54) is 6.42 Å². The number of benzene rings is 1. The van der Waals surface area contributed by atoms with Crippen molar-refractivity contribution in [3.8, 4) is 0 Å². The van der Waals surface area contributed by atoms with E-state index in [1.807, 2.05) is 0 Å². The van der Waals surface area contributed by atoms with Crippen molar-refractivity contribution < 1.29 is 8.42 Å². The number of anilines is 1. The molecule has 21 heavy (non-hydrogen) atoms. The van der Waals surface area contributed by atoms with E-state index in [0.717, 1.165) is 23.7 Å². The second-order valence-electron chi connectivity index (χ2n) is 5.99. The van der Waals surface area contributed by atoms with Crippen LogP contribution in [0.15, 0.2) is 21.5 Å². The maximum Gasteiger partial charge on any atom is 0.243 e. The van der Waals surface area contributed by atoms with Crippen LogP contribution in [0.5, 0.6) is 0 Å². The summed E-state index contributed by atoms with van der Waals surface area (Å²) in [4.78, 5) is 0.309. The summed E-state index contributed by atoms with van der Waals surface area (Å²) < 4.78 is 28.1. The monoisotopic (exact) mass is 374 g/mol. The molecule has 1 aromatic rings. The Kier molecular flexibility index (Phi) is 5.00. The van der Waals surface area contributed by atoms with Crippen molar-refractivity contribution in [2.45, 2.75) is 50.5 Å². The second kappa shape index (κ2) is 6.26. The predicted molar refractivity (Wildman–Crippen MR) is 89.7 cm³/mol. The number of halogens is 1. The van der Waals surface area contributed by atoms with Crippen LogP contribution in [0.4, 0.5) is 5.69 Å². The molecule has 0 radical (unpaired) electrons. The fourth-order valence-corrected chi connectivity index (χ4v) is 5.30. The van der Waals surface area contributed by atoms with Crippen LogP contribution in [0, 0.1) is 12.8 Å². The molecule has 0 aromatic heterocycles. The fourth-order valence-electron chi connectivity index (χ4n) is 3.12. The molecule has 2 N–H and O–H groups in total. The Balaban J connectivity index is 2.39.